The number of hydrogen-bond acceptors (Lipinski definition) is 1. The summed E-state index contributed by atoms with van der Waals surface area (Å²) in [6.45, 7) is 2.12. The maximum absolute atomic E-state index is 12.0. The van der Waals surface area contributed by atoms with Crippen LogP contribution in [0, 0.1) is 0 Å². The lowest BCUT2D eigenvalue weighted by Crippen LogP contribution is -1.92. The van der Waals surface area contributed by atoms with E-state index in [-0.39, 0.29) is 6.61 Å². The van der Waals surface area contributed by atoms with Gasteiger partial charge in [-0.05, 0) is 6.42 Å². The van der Waals surface area contributed by atoms with E-state index in [0.717, 1.165) is 25.7 Å². The van der Waals surface area contributed by atoms with E-state index in [4.69, 9.17) is 0 Å². The molecular formula is C9H15F3O. The zero-order chi connectivity index (χ0) is 10.1. The normalized spacial score (nSPS) is 9.85. The summed E-state index contributed by atoms with van der Waals surface area (Å²) in [5.74, 6) is 0. The van der Waals surface area contributed by atoms with Gasteiger partial charge in [0.1, 0.15) is 0 Å². The molecule has 0 atom stereocenters. The minimum absolute atomic E-state index is 0.0346. The Kier molecular flexibility index (Phi) is 7.54. The molecule has 0 saturated heterocycles. The average molecular weight is 196 g/mol. The van der Waals surface area contributed by atoms with E-state index in [0.29, 0.717) is 6.42 Å². The largest absolute Gasteiger partial charge is 0.467 e. The second-order valence-corrected chi connectivity index (χ2v) is 2.80. The first-order valence-corrected chi connectivity index (χ1v) is 4.52. The van der Waals surface area contributed by atoms with Gasteiger partial charge < -0.3 is 4.74 Å². The van der Waals surface area contributed by atoms with Crippen molar-refractivity contribution in [1.29, 1.82) is 0 Å². The lowest BCUT2D eigenvalue weighted by atomic mass is 10.2. The molecule has 0 heterocycles. The Labute approximate surface area is 76.6 Å². The second kappa shape index (κ2) is 7.95. The molecule has 4 heteroatoms. The van der Waals surface area contributed by atoms with Crippen LogP contribution in [-0.2, 0) is 4.74 Å². The number of halogens is 3. The van der Waals surface area contributed by atoms with Gasteiger partial charge in [0.25, 0.3) is 0 Å². The van der Waals surface area contributed by atoms with Crippen LogP contribution in [0.2, 0.25) is 0 Å². The van der Waals surface area contributed by atoms with Gasteiger partial charge in [-0.15, -0.1) is 0 Å². The predicted octanol–water partition coefficient (Wildman–Crippen LogP) is 4.01. The Bertz CT molecular complexity index is 153. The molecule has 0 rings (SSSR count). The van der Waals surface area contributed by atoms with Gasteiger partial charge in [0.15, 0.2) is 0 Å². The lowest BCUT2D eigenvalue weighted by Gasteiger charge is -2.01. The summed E-state index contributed by atoms with van der Waals surface area (Å²) in [6.07, 6.45) is 2.43. The summed E-state index contributed by atoms with van der Waals surface area (Å²) >= 11 is 0. The monoisotopic (exact) mass is 196 g/mol. The van der Waals surface area contributed by atoms with E-state index in [2.05, 4.69) is 11.7 Å². The molecule has 0 bridgehead atoms. The second-order valence-electron chi connectivity index (χ2n) is 2.80. The fourth-order valence-corrected chi connectivity index (χ4v) is 0.922. The highest BCUT2D eigenvalue weighted by Crippen LogP contribution is 2.11. The summed E-state index contributed by atoms with van der Waals surface area (Å²) < 4.78 is 39.0. The summed E-state index contributed by atoms with van der Waals surface area (Å²) in [4.78, 5) is 0. The number of ether oxygens (including phenoxy) is 1. The zero-order valence-corrected chi connectivity index (χ0v) is 7.78. The van der Waals surface area contributed by atoms with Gasteiger partial charge in [-0.1, -0.05) is 32.6 Å². The van der Waals surface area contributed by atoms with E-state index in [9.17, 15) is 13.2 Å². The van der Waals surface area contributed by atoms with Crippen LogP contribution in [0.1, 0.15) is 39.0 Å². The van der Waals surface area contributed by atoms with Gasteiger partial charge in [0.2, 0.25) is 0 Å². The first-order chi connectivity index (χ1) is 6.18. The molecule has 0 aliphatic heterocycles. The average Bonchev–Trinajstić information content (AvgIpc) is 2.10. The quantitative estimate of drug-likeness (QED) is 0.441. The lowest BCUT2D eigenvalue weighted by molar-refractivity contribution is 0.116. The van der Waals surface area contributed by atoms with Crippen LogP contribution in [0.3, 0.4) is 0 Å². The summed E-state index contributed by atoms with van der Waals surface area (Å²) in [5, 5.41) is 0. The molecule has 0 N–H and O–H groups in total. The Balaban J connectivity index is 3.22. The van der Waals surface area contributed by atoms with E-state index in [1.54, 1.807) is 0 Å². The minimum Gasteiger partial charge on any atom is -0.467 e. The van der Waals surface area contributed by atoms with Crippen molar-refractivity contribution in [3.8, 4) is 0 Å². The maximum atomic E-state index is 12.0. The molecule has 0 saturated carbocycles. The predicted molar refractivity (Wildman–Crippen MR) is 45.1 cm³/mol. The SMILES string of the molecule is CCCCCCCOC(F)=C(F)F. The van der Waals surface area contributed by atoms with Crippen LogP contribution in [0.4, 0.5) is 13.2 Å². The molecule has 1 nitrogen and oxygen atoms in total. The van der Waals surface area contributed by atoms with Crippen molar-refractivity contribution in [3.05, 3.63) is 12.1 Å². The zero-order valence-electron chi connectivity index (χ0n) is 7.78. The molecule has 0 aromatic carbocycles. The highest BCUT2D eigenvalue weighted by Gasteiger charge is 2.04. The first-order valence-electron chi connectivity index (χ1n) is 4.52. The van der Waals surface area contributed by atoms with E-state index < -0.39 is 12.1 Å². The fourth-order valence-electron chi connectivity index (χ4n) is 0.922. The van der Waals surface area contributed by atoms with Crippen molar-refractivity contribution in [3.63, 3.8) is 0 Å². The molecule has 0 fully saturated rings. The van der Waals surface area contributed by atoms with Crippen LogP contribution in [0.5, 0.6) is 0 Å². The highest BCUT2D eigenvalue weighted by molar-refractivity contribution is 4.80. The van der Waals surface area contributed by atoms with Gasteiger partial charge in [-0.25, -0.2) is 0 Å². The number of rotatable bonds is 7. The van der Waals surface area contributed by atoms with Gasteiger partial charge in [-0.3, -0.25) is 0 Å². The molecule has 0 amide bonds. The summed E-state index contributed by atoms with van der Waals surface area (Å²) in [6, 6.07) is -1.74. The molecule has 0 unspecified atom stereocenters. The molecule has 0 aromatic rings. The van der Waals surface area contributed by atoms with Crippen LogP contribution in [0.25, 0.3) is 0 Å². The van der Waals surface area contributed by atoms with Crippen molar-refractivity contribution < 1.29 is 17.9 Å². The summed E-state index contributed by atoms with van der Waals surface area (Å²) in [7, 11) is 0. The van der Waals surface area contributed by atoms with Crippen molar-refractivity contribution in [2.45, 2.75) is 39.0 Å². The third kappa shape index (κ3) is 7.68. The molecule has 0 aromatic heterocycles. The smallest absolute Gasteiger partial charge is 0.342 e. The van der Waals surface area contributed by atoms with E-state index >= 15 is 0 Å². The third-order valence-electron chi connectivity index (χ3n) is 1.63. The van der Waals surface area contributed by atoms with Gasteiger partial charge in [0, 0.05) is 0 Å². The Morgan fingerprint density at radius 1 is 1.00 bits per heavy atom. The van der Waals surface area contributed by atoms with Crippen LogP contribution in [-0.4, -0.2) is 6.61 Å². The molecule has 0 radical (unpaired) electrons. The molecule has 0 spiro atoms. The van der Waals surface area contributed by atoms with Crippen molar-refractivity contribution >= 4 is 0 Å². The molecule has 78 valence electrons. The molecule has 0 aliphatic carbocycles. The van der Waals surface area contributed by atoms with Gasteiger partial charge in [0.05, 0.1) is 6.61 Å². The van der Waals surface area contributed by atoms with Crippen molar-refractivity contribution in [2.24, 2.45) is 0 Å². The summed E-state index contributed by atoms with van der Waals surface area (Å²) in [5.41, 5.74) is 0. The Morgan fingerprint density at radius 3 is 2.15 bits per heavy atom. The standard InChI is InChI=1S/C9H15F3O/c1-2-3-4-5-6-7-13-9(12)8(10)11/h2-7H2,1H3. The first kappa shape index (κ1) is 12.3. The van der Waals surface area contributed by atoms with Gasteiger partial charge in [-0.2, -0.15) is 13.2 Å². The Hall–Kier alpha value is -0.670. The Morgan fingerprint density at radius 2 is 1.62 bits per heavy atom. The van der Waals surface area contributed by atoms with Crippen LogP contribution >= 0.6 is 0 Å². The number of hydrogen-bond donors (Lipinski definition) is 0. The van der Waals surface area contributed by atoms with Crippen LogP contribution in [0.15, 0.2) is 12.1 Å². The van der Waals surface area contributed by atoms with E-state index in [1.165, 1.54) is 0 Å². The number of unbranched alkanes of at least 4 members (excludes halogenated alkanes) is 4. The minimum atomic E-state index is -2.38. The van der Waals surface area contributed by atoms with Crippen molar-refractivity contribution in [2.75, 3.05) is 6.61 Å². The maximum Gasteiger partial charge on any atom is 0.342 e. The van der Waals surface area contributed by atoms with Crippen LogP contribution < -0.4 is 0 Å². The topological polar surface area (TPSA) is 9.23 Å². The van der Waals surface area contributed by atoms with Crippen molar-refractivity contribution in [1.82, 2.24) is 0 Å². The molecular weight excluding hydrogens is 181 g/mol. The molecule has 13 heavy (non-hydrogen) atoms. The third-order valence-corrected chi connectivity index (χ3v) is 1.63. The van der Waals surface area contributed by atoms with Gasteiger partial charge >= 0.3 is 12.1 Å². The fraction of sp³-hybridized carbons (Fsp3) is 0.778. The van der Waals surface area contributed by atoms with E-state index in [1.807, 2.05) is 0 Å². The molecule has 0 aliphatic rings. The highest BCUT2D eigenvalue weighted by atomic mass is 19.3.